The number of carbonyl (C=O) groups excluding carboxylic acids is 1. The van der Waals surface area contributed by atoms with Gasteiger partial charge in [-0.15, -0.1) is 0 Å². The van der Waals surface area contributed by atoms with Gasteiger partial charge in [0.05, 0.1) is 0 Å². The second kappa shape index (κ2) is 5.90. The second-order valence-corrected chi connectivity index (χ2v) is 6.06. The highest BCUT2D eigenvalue weighted by molar-refractivity contribution is 5.85. The van der Waals surface area contributed by atoms with Gasteiger partial charge in [-0.2, -0.15) is 0 Å². The Morgan fingerprint density at radius 2 is 1.95 bits per heavy atom. The maximum absolute atomic E-state index is 12.6. The zero-order chi connectivity index (χ0) is 14.0. The Balaban J connectivity index is 2.09. The summed E-state index contributed by atoms with van der Waals surface area (Å²) in [7, 11) is 0. The standard InChI is InChI=1S/C14H24N2O3/c1-9-4-3-7-16(12(9)14(18)19)13(17)10-5-2-6-11(15)8-10/h9-12H,2-8,15H2,1H3,(H,18,19). The molecule has 1 aliphatic heterocycles. The van der Waals surface area contributed by atoms with E-state index in [0.717, 1.165) is 32.1 Å². The summed E-state index contributed by atoms with van der Waals surface area (Å²) in [6.45, 7) is 2.50. The first-order valence-electron chi connectivity index (χ1n) is 7.29. The SMILES string of the molecule is CC1CCCN(C(=O)C2CCCC(N)C2)C1C(=O)O. The van der Waals surface area contributed by atoms with Crippen molar-refractivity contribution in [2.45, 2.75) is 57.5 Å². The molecule has 0 aromatic rings. The van der Waals surface area contributed by atoms with Crippen LogP contribution in [-0.4, -0.2) is 40.5 Å². The highest BCUT2D eigenvalue weighted by Crippen LogP contribution is 2.30. The molecule has 0 aromatic carbocycles. The van der Waals surface area contributed by atoms with Crippen LogP contribution in [0.5, 0.6) is 0 Å². The zero-order valence-electron chi connectivity index (χ0n) is 11.5. The quantitative estimate of drug-likeness (QED) is 0.788. The van der Waals surface area contributed by atoms with Gasteiger partial charge in [0, 0.05) is 18.5 Å². The van der Waals surface area contributed by atoms with E-state index in [4.69, 9.17) is 5.73 Å². The molecule has 1 aliphatic carbocycles. The van der Waals surface area contributed by atoms with Crippen molar-refractivity contribution in [3.63, 3.8) is 0 Å². The average Bonchev–Trinajstić information content (AvgIpc) is 2.37. The predicted octanol–water partition coefficient (Wildman–Crippen LogP) is 1.22. The van der Waals surface area contributed by atoms with Gasteiger partial charge in [0.1, 0.15) is 6.04 Å². The lowest BCUT2D eigenvalue weighted by molar-refractivity contribution is -0.157. The molecule has 3 N–H and O–H groups in total. The molecular weight excluding hydrogens is 244 g/mol. The van der Waals surface area contributed by atoms with Crippen molar-refractivity contribution in [2.24, 2.45) is 17.6 Å². The van der Waals surface area contributed by atoms with Crippen LogP contribution in [0.25, 0.3) is 0 Å². The third-order valence-electron chi connectivity index (χ3n) is 4.53. The third kappa shape index (κ3) is 3.08. The number of amides is 1. The van der Waals surface area contributed by atoms with E-state index in [2.05, 4.69) is 0 Å². The fourth-order valence-corrected chi connectivity index (χ4v) is 3.50. The largest absolute Gasteiger partial charge is 0.480 e. The lowest BCUT2D eigenvalue weighted by Gasteiger charge is -2.40. The lowest BCUT2D eigenvalue weighted by atomic mass is 9.83. The van der Waals surface area contributed by atoms with Crippen LogP contribution < -0.4 is 5.73 Å². The molecule has 1 heterocycles. The Morgan fingerprint density at radius 3 is 2.58 bits per heavy atom. The number of rotatable bonds is 2. The average molecular weight is 268 g/mol. The van der Waals surface area contributed by atoms with Gasteiger partial charge in [0.2, 0.25) is 5.91 Å². The summed E-state index contributed by atoms with van der Waals surface area (Å²) in [5.41, 5.74) is 5.93. The number of likely N-dealkylation sites (tertiary alicyclic amines) is 1. The normalized spacial score (nSPS) is 36.0. The summed E-state index contributed by atoms with van der Waals surface area (Å²) in [5.74, 6) is -0.905. The lowest BCUT2D eigenvalue weighted by Crippen LogP contribution is -2.54. The predicted molar refractivity (Wildman–Crippen MR) is 71.5 cm³/mol. The van der Waals surface area contributed by atoms with Gasteiger partial charge in [-0.1, -0.05) is 13.3 Å². The number of carboxylic acid groups (broad SMARTS) is 1. The zero-order valence-corrected chi connectivity index (χ0v) is 11.5. The van der Waals surface area contributed by atoms with Gasteiger partial charge >= 0.3 is 5.97 Å². The molecule has 108 valence electrons. The number of carbonyl (C=O) groups is 2. The Hall–Kier alpha value is -1.10. The van der Waals surface area contributed by atoms with Crippen molar-refractivity contribution in [1.29, 1.82) is 0 Å². The van der Waals surface area contributed by atoms with Gasteiger partial charge < -0.3 is 15.7 Å². The molecule has 0 bridgehead atoms. The van der Waals surface area contributed by atoms with Crippen molar-refractivity contribution in [2.75, 3.05) is 6.54 Å². The van der Waals surface area contributed by atoms with Crippen molar-refractivity contribution < 1.29 is 14.7 Å². The van der Waals surface area contributed by atoms with E-state index in [-0.39, 0.29) is 23.8 Å². The molecule has 2 rings (SSSR count). The molecule has 4 unspecified atom stereocenters. The van der Waals surface area contributed by atoms with Gasteiger partial charge in [-0.25, -0.2) is 4.79 Å². The highest BCUT2D eigenvalue weighted by atomic mass is 16.4. The third-order valence-corrected chi connectivity index (χ3v) is 4.53. The van der Waals surface area contributed by atoms with Crippen LogP contribution in [-0.2, 0) is 9.59 Å². The number of piperidine rings is 1. The van der Waals surface area contributed by atoms with Crippen LogP contribution in [0.15, 0.2) is 0 Å². The summed E-state index contributed by atoms with van der Waals surface area (Å²) in [6, 6.07) is -0.562. The molecular formula is C14H24N2O3. The van der Waals surface area contributed by atoms with Crippen molar-refractivity contribution in [1.82, 2.24) is 4.90 Å². The summed E-state index contributed by atoms with van der Waals surface area (Å²) in [5, 5.41) is 9.36. The van der Waals surface area contributed by atoms with E-state index in [1.54, 1.807) is 4.90 Å². The van der Waals surface area contributed by atoms with E-state index < -0.39 is 12.0 Å². The van der Waals surface area contributed by atoms with Crippen molar-refractivity contribution in [3.05, 3.63) is 0 Å². The molecule has 2 aliphatic rings. The molecule has 0 radical (unpaired) electrons. The number of nitrogens with two attached hydrogens (primary N) is 1. The van der Waals surface area contributed by atoms with Gasteiger partial charge in [-0.3, -0.25) is 4.79 Å². The number of nitrogens with zero attached hydrogens (tertiary/aromatic N) is 1. The Bertz CT molecular complexity index is 359. The first-order chi connectivity index (χ1) is 9.00. The van der Waals surface area contributed by atoms with Crippen LogP contribution in [0, 0.1) is 11.8 Å². The maximum atomic E-state index is 12.6. The highest BCUT2D eigenvalue weighted by Gasteiger charge is 2.40. The minimum Gasteiger partial charge on any atom is -0.480 e. The molecule has 2 fully saturated rings. The molecule has 0 aromatic heterocycles. The maximum Gasteiger partial charge on any atom is 0.326 e. The number of hydrogen-bond donors (Lipinski definition) is 2. The fraction of sp³-hybridized carbons (Fsp3) is 0.857. The van der Waals surface area contributed by atoms with Gasteiger partial charge in [0.15, 0.2) is 0 Å². The Kier molecular flexibility index (Phi) is 4.45. The van der Waals surface area contributed by atoms with Crippen LogP contribution in [0.3, 0.4) is 0 Å². The van der Waals surface area contributed by atoms with Crippen LogP contribution in [0.1, 0.15) is 45.4 Å². The Labute approximate surface area is 114 Å². The first-order valence-corrected chi connectivity index (χ1v) is 7.29. The molecule has 1 saturated heterocycles. The van der Waals surface area contributed by atoms with Gasteiger partial charge in [0.25, 0.3) is 0 Å². The van der Waals surface area contributed by atoms with E-state index in [1.165, 1.54) is 0 Å². The molecule has 4 atom stereocenters. The van der Waals surface area contributed by atoms with E-state index in [0.29, 0.717) is 13.0 Å². The fourth-order valence-electron chi connectivity index (χ4n) is 3.50. The topological polar surface area (TPSA) is 83.6 Å². The van der Waals surface area contributed by atoms with E-state index in [1.807, 2.05) is 6.92 Å². The summed E-state index contributed by atoms with van der Waals surface area (Å²) < 4.78 is 0. The van der Waals surface area contributed by atoms with Crippen LogP contribution in [0.4, 0.5) is 0 Å². The van der Waals surface area contributed by atoms with Gasteiger partial charge in [-0.05, 0) is 38.0 Å². The molecule has 0 spiro atoms. The Morgan fingerprint density at radius 1 is 1.21 bits per heavy atom. The minimum absolute atomic E-state index is 0.00843. The summed E-state index contributed by atoms with van der Waals surface area (Å²) >= 11 is 0. The van der Waals surface area contributed by atoms with E-state index in [9.17, 15) is 14.7 Å². The molecule has 5 nitrogen and oxygen atoms in total. The van der Waals surface area contributed by atoms with Crippen molar-refractivity contribution in [3.8, 4) is 0 Å². The smallest absolute Gasteiger partial charge is 0.326 e. The molecule has 1 saturated carbocycles. The monoisotopic (exact) mass is 268 g/mol. The summed E-state index contributed by atoms with van der Waals surface area (Å²) in [4.78, 5) is 25.6. The minimum atomic E-state index is -0.874. The van der Waals surface area contributed by atoms with Crippen LogP contribution >= 0.6 is 0 Å². The summed E-state index contributed by atoms with van der Waals surface area (Å²) in [6.07, 6.45) is 5.28. The van der Waals surface area contributed by atoms with E-state index >= 15 is 0 Å². The second-order valence-electron chi connectivity index (χ2n) is 6.06. The number of aliphatic carboxylic acids is 1. The first kappa shape index (κ1) is 14.3. The van der Waals surface area contributed by atoms with Crippen LogP contribution in [0.2, 0.25) is 0 Å². The molecule has 5 heteroatoms. The van der Waals surface area contributed by atoms with Crippen molar-refractivity contribution >= 4 is 11.9 Å². The number of carboxylic acids is 1. The molecule has 1 amide bonds. The molecule has 19 heavy (non-hydrogen) atoms. The number of hydrogen-bond acceptors (Lipinski definition) is 3.